The molecule has 0 unspecified atom stereocenters. The molecule has 0 aromatic carbocycles. The number of nitrogens with zero attached hydrogens (tertiary/aromatic N) is 2. The van der Waals surface area contributed by atoms with E-state index >= 15 is 0 Å². The first kappa shape index (κ1) is 13.6. The molecule has 2 aliphatic heterocycles. The molecular formula is C14H10N2S4. The molecule has 0 amide bonds. The van der Waals surface area contributed by atoms with Gasteiger partial charge < -0.3 is 0 Å². The molecule has 2 nitrogen and oxygen atoms in total. The SMILES string of the molecule is C(=Cc1cccs1)c1cccs1.c1cc2nssc-2n1. The second-order valence-electron chi connectivity index (χ2n) is 3.75. The standard InChI is InChI=1S/C10H8S2.C4H2N2S2/c1-3-9(11-7-1)5-6-10-4-2-8-12-10;1-2-5-4-3(1)6-8-7-4/h1-8H;1-2H. The van der Waals surface area contributed by atoms with Crippen LogP contribution in [0.25, 0.3) is 22.9 Å². The Bertz CT molecular complexity index is 638. The minimum atomic E-state index is 1.03. The largest absolute Gasteiger partial charge is 0.243 e. The van der Waals surface area contributed by atoms with Gasteiger partial charge in [0.05, 0.1) is 0 Å². The zero-order valence-corrected chi connectivity index (χ0v) is 13.6. The minimum Gasteiger partial charge on any atom is -0.243 e. The predicted molar refractivity (Wildman–Crippen MR) is 92.0 cm³/mol. The number of fused-ring (bicyclic) bond motifs is 1. The van der Waals surface area contributed by atoms with Gasteiger partial charge in [-0.25, -0.2) is 4.98 Å². The molecule has 100 valence electrons. The van der Waals surface area contributed by atoms with E-state index in [0.717, 1.165) is 10.7 Å². The van der Waals surface area contributed by atoms with Crippen LogP contribution in [0.1, 0.15) is 9.75 Å². The number of hydrogen-bond donors (Lipinski definition) is 0. The monoisotopic (exact) mass is 334 g/mol. The number of hydrogen-bond acceptors (Lipinski definition) is 6. The summed E-state index contributed by atoms with van der Waals surface area (Å²) in [5.41, 5.74) is 1.03. The van der Waals surface area contributed by atoms with Crippen LogP contribution in [0, 0.1) is 0 Å². The van der Waals surface area contributed by atoms with Gasteiger partial charge in [-0.1, -0.05) is 12.1 Å². The van der Waals surface area contributed by atoms with Crippen molar-refractivity contribution in [3.05, 3.63) is 57.0 Å². The summed E-state index contributed by atoms with van der Waals surface area (Å²) < 4.78 is 4.08. The van der Waals surface area contributed by atoms with Crippen molar-refractivity contribution in [2.24, 2.45) is 0 Å². The molecule has 0 spiro atoms. The molecule has 0 bridgehead atoms. The second-order valence-corrected chi connectivity index (χ2v) is 7.54. The molecule has 0 radical (unpaired) electrons. The Morgan fingerprint density at radius 3 is 2.15 bits per heavy atom. The molecule has 2 aromatic rings. The van der Waals surface area contributed by atoms with Crippen LogP contribution in [0.3, 0.4) is 0 Å². The maximum atomic E-state index is 4.08. The molecule has 6 heteroatoms. The lowest BCUT2D eigenvalue weighted by atomic mass is 10.4. The van der Waals surface area contributed by atoms with Gasteiger partial charge in [-0.2, -0.15) is 4.37 Å². The van der Waals surface area contributed by atoms with Crippen molar-refractivity contribution in [1.82, 2.24) is 9.36 Å². The van der Waals surface area contributed by atoms with Crippen molar-refractivity contribution in [1.29, 1.82) is 0 Å². The van der Waals surface area contributed by atoms with Crippen LogP contribution in [0.5, 0.6) is 0 Å². The van der Waals surface area contributed by atoms with Crippen molar-refractivity contribution in [2.75, 3.05) is 0 Å². The Morgan fingerprint density at radius 1 is 0.900 bits per heavy atom. The van der Waals surface area contributed by atoms with Crippen LogP contribution in [0.4, 0.5) is 0 Å². The summed E-state index contributed by atoms with van der Waals surface area (Å²) in [6.45, 7) is 0. The molecule has 0 atom stereocenters. The highest BCUT2D eigenvalue weighted by molar-refractivity contribution is 7.68. The lowest BCUT2D eigenvalue weighted by molar-refractivity contribution is 1.44. The smallest absolute Gasteiger partial charge is 0.154 e. The molecule has 2 aliphatic rings. The summed E-state index contributed by atoms with van der Waals surface area (Å²) in [6, 6.07) is 10.3. The fourth-order valence-electron chi connectivity index (χ4n) is 1.48. The third-order valence-electron chi connectivity index (χ3n) is 2.39. The quantitative estimate of drug-likeness (QED) is 0.440. The van der Waals surface area contributed by atoms with Crippen LogP contribution in [0.2, 0.25) is 0 Å². The molecule has 2 aromatic heterocycles. The van der Waals surface area contributed by atoms with E-state index < -0.39 is 0 Å². The third kappa shape index (κ3) is 3.61. The molecule has 4 heterocycles. The summed E-state index contributed by atoms with van der Waals surface area (Å²) in [7, 11) is 3.10. The summed E-state index contributed by atoms with van der Waals surface area (Å²) >= 11 is 3.53. The molecule has 0 fully saturated rings. The van der Waals surface area contributed by atoms with Gasteiger partial charge in [-0.05, 0) is 51.5 Å². The number of thiophene rings is 2. The third-order valence-corrected chi connectivity index (χ3v) is 5.81. The molecule has 0 saturated heterocycles. The van der Waals surface area contributed by atoms with E-state index in [9.17, 15) is 0 Å². The average molecular weight is 335 g/mol. The first-order valence-corrected chi connectivity index (χ1v) is 9.70. The molecule has 0 N–H and O–H groups in total. The lowest BCUT2D eigenvalue weighted by Crippen LogP contribution is -1.61. The van der Waals surface area contributed by atoms with Gasteiger partial charge in [0, 0.05) is 26.5 Å². The van der Waals surface area contributed by atoms with Crippen molar-refractivity contribution in [3.8, 4) is 10.7 Å². The zero-order chi connectivity index (χ0) is 13.6. The summed E-state index contributed by atoms with van der Waals surface area (Å²) in [6.07, 6.45) is 6.08. The van der Waals surface area contributed by atoms with E-state index in [0.29, 0.717) is 0 Å². The second kappa shape index (κ2) is 6.90. The minimum absolute atomic E-state index is 1.03. The van der Waals surface area contributed by atoms with Gasteiger partial charge in [0.1, 0.15) is 5.69 Å². The number of rotatable bonds is 2. The normalized spacial score (nSPS) is 10.8. The van der Waals surface area contributed by atoms with Crippen LogP contribution in [0.15, 0.2) is 47.3 Å². The molecule has 4 rings (SSSR count). The highest BCUT2D eigenvalue weighted by Gasteiger charge is 2.04. The van der Waals surface area contributed by atoms with E-state index in [2.05, 4.69) is 56.5 Å². The Kier molecular flexibility index (Phi) is 4.70. The molecular weight excluding hydrogens is 324 g/mol. The van der Waals surface area contributed by atoms with Crippen molar-refractivity contribution < 1.29 is 0 Å². The Morgan fingerprint density at radius 2 is 1.60 bits per heavy atom. The Labute approximate surface area is 132 Å². The molecule has 0 saturated carbocycles. The van der Waals surface area contributed by atoms with Gasteiger partial charge in [0.2, 0.25) is 0 Å². The maximum absolute atomic E-state index is 4.08. The van der Waals surface area contributed by atoms with Crippen LogP contribution in [-0.4, -0.2) is 9.36 Å². The van der Waals surface area contributed by atoms with E-state index in [-0.39, 0.29) is 0 Å². The fourth-order valence-corrected chi connectivity index (χ4v) is 4.36. The maximum Gasteiger partial charge on any atom is 0.154 e. The number of aromatic nitrogens is 2. The summed E-state index contributed by atoms with van der Waals surface area (Å²) in [5, 5.41) is 5.23. The van der Waals surface area contributed by atoms with Crippen molar-refractivity contribution >= 4 is 55.7 Å². The first-order chi connectivity index (χ1) is 9.92. The van der Waals surface area contributed by atoms with E-state index in [4.69, 9.17) is 0 Å². The molecule has 0 aliphatic carbocycles. The molecule has 20 heavy (non-hydrogen) atoms. The van der Waals surface area contributed by atoms with E-state index in [1.165, 1.54) is 20.3 Å². The predicted octanol–water partition coefficient (Wildman–Crippen LogP) is 5.68. The highest BCUT2D eigenvalue weighted by atomic mass is 32.9. The first-order valence-electron chi connectivity index (χ1n) is 5.83. The van der Waals surface area contributed by atoms with Crippen LogP contribution in [-0.2, 0) is 0 Å². The van der Waals surface area contributed by atoms with Gasteiger partial charge in [0.25, 0.3) is 0 Å². The topological polar surface area (TPSA) is 25.8 Å². The van der Waals surface area contributed by atoms with E-state index in [1.807, 2.05) is 6.07 Å². The zero-order valence-electron chi connectivity index (χ0n) is 10.3. The van der Waals surface area contributed by atoms with Gasteiger partial charge >= 0.3 is 0 Å². The van der Waals surface area contributed by atoms with E-state index in [1.54, 1.807) is 39.2 Å². The summed E-state index contributed by atoms with van der Waals surface area (Å²) in [4.78, 5) is 6.66. The van der Waals surface area contributed by atoms with Crippen LogP contribution < -0.4 is 0 Å². The average Bonchev–Trinajstić information content (AvgIpc) is 3.21. The summed E-state index contributed by atoms with van der Waals surface area (Å²) in [5.74, 6) is 0. The van der Waals surface area contributed by atoms with Crippen molar-refractivity contribution in [2.45, 2.75) is 0 Å². The Balaban J connectivity index is 0.000000131. The van der Waals surface area contributed by atoms with Gasteiger partial charge in [-0.3, -0.25) is 0 Å². The van der Waals surface area contributed by atoms with Crippen molar-refractivity contribution in [3.63, 3.8) is 0 Å². The van der Waals surface area contributed by atoms with Gasteiger partial charge in [-0.15, -0.1) is 22.7 Å². The fraction of sp³-hybridized carbons (Fsp3) is 0. The lowest BCUT2D eigenvalue weighted by Gasteiger charge is -1.82. The van der Waals surface area contributed by atoms with Crippen LogP contribution >= 0.6 is 43.6 Å². The highest BCUT2D eigenvalue weighted by Crippen LogP contribution is 2.25. The Hall–Kier alpha value is -1.34. The van der Waals surface area contributed by atoms with Gasteiger partial charge in [0.15, 0.2) is 5.01 Å².